The zero-order chi connectivity index (χ0) is 14.8. The van der Waals surface area contributed by atoms with Crippen molar-refractivity contribution in [3.05, 3.63) is 42.1 Å². The van der Waals surface area contributed by atoms with Gasteiger partial charge in [-0.25, -0.2) is 0 Å². The van der Waals surface area contributed by atoms with Gasteiger partial charge >= 0.3 is 0 Å². The number of carbonyl (C=O) groups excluding carboxylic acids is 1. The molecule has 110 valence electrons. The molecule has 1 aliphatic rings. The summed E-state index contributed by atoms with van der Waals surface area (Å²) < 4.78 is 0. The lowest BCUT2D eigenvalue weighted by Crippen LogP contribution is -2.49. The van der Waals surface area contributed by atoms with Crippen LogP contribution in [-0.4, -0.2) is 34.9 Å². The Kier molecular flexibility index (Phi) is 3.88. The molecule has 1 saturated heterocycles. The molecule has 4 nitrogen and oxygen atoms in total. The summed E-state index contributed by atoms with van der Waals surface area (Å²) in [4.78, 5) is 19.2. The second-order valence-electron chi connectivity index (χ2n) is 5.89. The molecule has 0 spiro atoms. The van der Waals surface area contributed by atoms with Gasteiger partial charge in [0, 0.05) is 36.3 Å². The van der Waals surface area contributed by atoms with Gasteiger partial charge in [0.1, 0.15) is 0 Å². The molecule has 0 radical (unpaired) electrons. The number of pyridine rings is 1. The second-order valence-corrected chi connectivity index (χ2v) is 5.89. The van der Waals surface area contributed by atoms with E-state index >= 15 is 0 Å². The van der Waals surface area contributed by atoms with Crippen LogP contribution in [0, 0.1) is 5.92 Å². The topological polar surface area (TPSA) is 59.2 Å². The third-order valence-electron chi connectivity index (χ3n) is 4.39. The van der Waals surface area contributed by atoms with Crippen LogP contribution in [0.2, 0.25) is 0 Å². The summed E-state index contributed by atoms with van der Waals surface area (Å²) in [6.07, 6.45) is 3.79. The fourth-order valence-electron chi connectivity index (χ4n) is 3.19. The van der Waals surface area contributed by atoms with Crippen molar-refractivity contribution in [2.24, 2.45) is 11.7 Å². The first-order valence-electron chi connectivity index (χ1n) is 7.55. The molecular formula is C17H21N3O. The molecule has 0 aliphatic carbocycles. The number of nitrogens with two attached hydrogens (primary N) is 1. The van der Waals surface area contributed by atoms with E-state index in [0.717, 1.165) is 35.9 Å². The van der Waals surface area contributed by atoms with E-state index < -0.39 is 0 Å². The third kappa shape index (κ3) is 2.63. The Balaban J connectivity index is 1.96. The lowest BCUT2D eigenvalue weighted by molar-refractivity contribution is 0.0575. The minimum Gasteiger partial charge on any atom is -0.334 e. The highest BCUT2D eigenvalue weighted by atomic mass is 16.2. The molecule has 1 amide bonds. The van der Waals surface area contributed by atoms with Gasteiger partial charge in [0.15, 0.2) is 0 Å². The molecule has 21 heavy (non-hydrogen) atoms. The Bertz CT molecular complexity index is 650. The minimum absolute atomic E-state index is 0.0796. The van der Waals surface area contributed by atoms with Crippen LogP contribution in [0.5, 0.6) is 0 Å². The first-order valence-corrected chi connectivity index (χ1v) is 7.55. The first kappa shape index (κ1) is 14.0. The van der Waals surface area contributed by atoms with E-state index in [1.165, 1.54) is 0 Å². The van der Waals surface area contributed by atoms with Crippen LogP contribution in [0.25, 0.3) is 10.9 Å². The molecule has 2 unspecified atom stereocenters. The summed E-state index contributed by atoms with van der Waals surface area (Å²) in [6, 6.07) is 9.69. The molecule has 0 saturated carbocycles. The number of piperidine rings is 1. The zero-order valence-electron chi connectivity index (χ0n) is 12.3. The van der Waals surface area contributed by atoms with E-state index in [0.29, 0.717) is 12.5 Å². The summed E-state index contributed by atoms with van der Waals surface area (Å²) in [5.74, 6) is 0.715. The van der Waals surface area contributed by atoms with Crippen LogP contribution < -0.4 is 5.73 Å². The maximum Gasteiger partial charge on any atom is 0.254 e. The molecule has 2 aromatic rings. The molecule has 1 aliphatic heterocycles. The molecule has 2 heterocycles. The van der Waals surface area contributed by atoms with Crippen molar-refractivity contribution in [3.63, 3.8) is 0 Å². The van der Waals surface area contributed by atoms with E-state index in [-0.39, 0.29) is 11.9 Å². The lowest BCUT2D eigenvalue weighted by Gasteiger charge is -2.38. The zero-order valence-corrected chi connectivity index (χ0v) is 12.3. The van der Waals surface area contributed by atoms with Crippen molar-refractivity contribution in [2.75, 3.05) is 13.1 Å². The van der Waals surface area contributed by atoms with Crippen molar-refractivity contribution in [2.45, 2.75) is 25.8 Å². The molecule has 2 atom stereocenters. The van der Waals surface area contributed by atoms with Crippen molar-refractivity contribution in [1.82, 2.24) is 9.88 Å². The molecule has 3 rings (SSSR count). The van der Waals surface area contributed by atoms with Gasteiger partial charge in [-0.05, 0) is 37.0 Å². The number of carbonyl (C=O) groups is 1. The first-order chi connectivity index (χ1) is 10.2. The highest BCUT2D eigenvalue weighted by Gasteiger charge is 2.30. The predicted molar refractivity (Wildman–Crippen MR) is 84.0 cm³/mol. The molecule has 2 N–H and O–H groups in total. The Labute approximate surface area is 125 Å². The summed E-state index contributed by atoms with van der Waals surface area (Å²) in [7, 11) is 0. The van der Waals surface area contributed by atoms with Gasteiger partial charge in [0.2, 0.25) is 0 Å². The van der Waals surface area contributed by atoms with Gasteiger partial charge < -0.3 is 10.6 Å². The van der Waals surface area contributed by atoms with Crippen LogP contribution in [0.3, 0.4) is 0 Å². The quantitative estimate of drug-likeness (QED) is 0.921. The van der Waals surface area contributed by atoms with Crippen LogP contribution in [0.4, 0.5) is 0 Å². The fraction of sp³-hybridized carbons (Fsp3) is 0.412. The van der Waals surface area contributed by atoms with Crippen molar-refractivity contribution >= 4 is 16.8 Å². The van der Waals surface area contributed by atoms with Crippen LogP contribution >= 0.6 is 0 Å². The maximum atomic E-state index is 12.9. The predicted octanol–water partition coefficient (Wildman–Crippen LogP) is 2.43. The Morgan fingerprint density at radius 3 is 3.05 bits per heavy atom. The molecular weight excluding hydrogens is 262 g/mol. The third-order valence-corrected chi connectivity index (χ3v) is 4.39. The Morgan fingerprint density at radius 1 is 1.38 bits per heavy atom. The van der Waals surface area contributed by atoms with Gasteiger partial charge in [0.25, 0.3) is 5.91 Å². The highest BCUT2D eigenvalue weighted by Crippen LogP contribution is 2.25. The summed E-state index contributed by atoms with van der Waals surface area (Å²) in [5.41, 5.74) is 7.47. The average Bonchev–Trinajstić information content (AvgIpc) is 2.53. The standard InChI is InChI=1S/C17H21N3O/c1-12-7-9-20(13(10-12)11-18)17(21)15-4-2-6-16-14(15)5-3-8-19-16/h2-6,8,12-13H,7,9-11,18H2,1H3. The monoisotopic (exact) mass is 283 g/mol. The smallest absolute Gasteiger partial charge is 0.254 e. The largest absolute Gasteiger partial charge is 0.334 e. The van der Waals surface area contributed by atoms with Crippen molar-refractivity contribution in [1.29, 1.82) is 0 Å². The minimum atomic E-state index is 0.0796. The number of rotatable bonds is 2. The van der Waals surface area contributed by atoms with E-state index in [9.17, 15) is 4.79 Å². The van der Waals surface area contributed by atoms with E-state index in [1.807, 2.05) is 35.2 Å². The van der Waals surface area contributed by atoms with Gasteiger partial charge in [-0.15, -0.1) is 0 Å². The van der Waals surface area contributed by atoms with Crippen molar-refractivity contribution < 1.29 is 4.79 Å². The Morgan fingerprint density at radius 2 is 2.24 bits per heavy atom. The SMILES string of the molecule is CC1CCN(C(=O)c2cccc3ncccc23)C(CN)C1. The molecule has 4 heteroatoms. The number of fused-ring (bicyclic) bond motifs is 1. The number of hydrogen-bond acceptors (Lipinski definition) is 3. The number of hydrogen-bond donors (Lipinski definition) is 1. The number of nitrogens with zero attached hydrogens (tertiary/aromatic N) is 2. The number of benzene rings is 1. The second kappa shape index (κ2) is 5.82. The van der Waals surface area contributed by atoms with Crippen LogP contribution in [0.15, 0.2) is 36.5 Å². The van der Waals surface area contributed by atoms with Crippen LogP contribution in [0.1, 0.15) is 30.1 Å². The normalized spacial score (nSPS) is 22.5. The average molecular weight is 283 g/mol. The van der Waals surface area contributed by atoms with Crippen LogP contribution in [-0.2, 0) is 0 Å². The summed E-state index contributed by atoms with van der Waals surface area (Å²) >= 11 is 0. The lowest BCUT2D eigenvalue weighted by atomic mass is 9.91. The molecule has 1 aromatic heterocycles. The Hall–Kier alpha value is -1.94. The maximum absolute atomic E-state index is 12.9. The summed E-state index contributed by atoms with van der Waals surface area (Å²) in [5, 5.41) is 0.916. The van der Waals surface area contributed by atoms with Gasteiger partial charge in [-0.3, -0.25) is 9.78 Å². The van der Waals surface area contributed by atoms with E-state index in [4.69, 9.17) is 5.73 Å². The molecule has 1 fully saturated rings. The highest BCUT2D eigenvalue weighted by molar-refractivity contribution is 6.06. The van der Waals surface area contributed by atoms with Gasteiger partial charge in [-0.2, -0.15) is 0 Å². The molecule has 0 bridgehead atoms. The number of amides is 1. The van der Waals surface area contributed by atoms with E-state index in [2.05, 4.69) is 11.9 Å². The number of likely N-dealkylation sites (tertiary alicyclic amines) is 1. The summed E-state index contributed by atoms with van der Waals surface area (Å²) in [6.45, 7) is 3.55. The molecule has 1 aromatic carbocycles. The number of aromatic nitrogens is 1. The van der Waals surface area contributed by atoms with Crippen molar-refractivity contribution in [3.8, 4) is 0 Å². The van der Waals surface area contributed by atoms with Gasteiger partial charge in [-0.1, -0.05) is 19.1 Å². The van der Waals surface area contributed by atoms with E-state index in [1.54, 1.807) is 6.20 Å². The van der Waals surface area contributed by atoms with Gasteiger partial charge in [0.05, 0.1) is 5.52 Å². The fourth-order valence-corrected chi connectivity index (χ4v) is 3.19.